The third-order valence-electron chi connectivity index (χ3n) is 11.9. The molecule has 1 saturated heterocycles. The molecular weight excluding hydrogens is 536 g/mol. The zero-order valence-electron chi connectivity index (χ0n) is 24.8. The van der Waals surface area contributed by atoms with Crippen molar-refractivity contribution in [2.24, 2.45) is 11.3 Å². The number of nitrogens with zero attached hydrogens (tertiary/aromatic N) is 1. The van der Waals surface area contributed by atoms with Gasteiger partial charge in [-0.15, -0.1) is 0 Å². The van der Waals surface area contributed by atoms with E-state index in [2.05, 4.69) is 46.6 Å². The fourth-order valence-corrected chi connectivity index (χ4v) is 9.78. The number of piperidine rings is 1. The highest BCUT2D eigenvalue weighted by atomic mass is 16.6. The van der Waals surface area contributed by atoms with Gasteiger partial charge in [-0.1, -0.05) is 60.7 Å². The first-order valence-corrected chi connectivity index (χ1v) is 15.9. The predicted octanol–water partition coefficient (Wildman–Crippen LogP) is 5.55. The van der Waals surface area contributed by atoms with E-state index < -0.39 is 5.60 Å². The highest BCUT2D eigenvalue weighted by Gasteiger charge is 2.79. The molecule has 2 aliphatic heterocycles. The van der Waals surface area contributed by atoms with Crippen LogP contribution in [0.4, 0.5) is 0 Å². The number of fused-ring (bicyclic) bond motifs is 1. The molecule has 0 aromatic heterocycles. The molecule has 5 aliphatic carbocycles. The van der Waals surface area contributed by atoms with Gasteiger partial charge in [0.2, 0.25) is 0 Å². The van der Waals surface area contributed by atoms with E-state index in [1.54, 1.807) is 14.2 Å². The molecule has 3 aromatic rings. The summed E-state index contributed by atoms with van der Waals surface area (Å²) in [7, 11) is 3.51. The summed E-state index contributed by atoms with van der Waals surface area (Å²) in [6.07, 6.45) is 10.0. The van der Waals surface area contributed by atoms with Gasteiger partial charge < -0.3 is 19.5 Å². The Kier molecular flexibility index (Phi) is 5.39. The van der Waals surface area contributed by atoms with Crippen LogP contribution in [-0.2, 0) is 16.6 Å². The zero-order chi connectivity index (χ0) is 29.0. The first-order valence-electron chi connectivity index (χ1n) is 15.9. The van der Waals surface area contributed by atoms with E-state index in [1.807, 2.05) is 42.5 Å². The number of carbonyl (C=O) groups excluding carboxylic acids is 1. The average molecular weight is 575 g/mol. The summed E-state index contributed by atoms with van der Waals surface area (Å²) in [5.74, 6) is 2.42. The van der Waals surface area contributed by atoms with Crippen LogP contribution < -0.4 is 14.8 Å². The fraction of sp³-hybridized carbons (Fsp3) is 0.432. The van der Waals surface area contributed by atoms with Crippen LogP contribution in [0.15, 0.2) is 78.9 Å². The minimum Gasteiger partial charge on any atom is -0.493 e. The number of carbonyl (C=O) groups is 1. The largest absolute Gasteiger partial charge is 0.493 e. The van der Waals surface area contributed by atoms with Gasteiger partial charge in [-0.2, -0.15) is 0 Å². The van der Waals surface area contributed by atoms with Crippen molar-refractivity contribution >= 4 is 5.91 Å². The van der Waals surface area contributed by atoms with Crippen LogP contribution in [-0.4, -0.2) is 61.9 Å². The molecule has 2 heterocycles. The maximum atomic E-state index is 13.9. The minimum atomic E-state index is -0.788. The monoisotopic (exact) mass is 574 g/mol. The number of benzene rings is 3. The van der Waals surface area contributed by atoms with Gasteiger partial charge in [0, 0.05) is 36.2 Å². The molecule has 2 saturated carbocycles. The predicted molar refractivity (Wildman–Crippen MR) is 165 cm³/mol. The van der Waals surface area contributed by atoms with E-state index in [1.165, 1.54) is 30.5 Å². The number of methoxy groups -OCH3 is 2. The fourth-order valence-electron chi connectivity index (χ4n) is 9.78. The van der Waals surface area contributed by atoms with Crippen molar-refractivity contribution in [1.29, 1.82) is 0 Å². The maximum Gasteiger partial charge on any atom is 0.251 e. The Hall–Kier alpha value is -3.61. The summed E-state index contributed by atoms with van der Waals surface area (Å²) in [5, 5.41) is 3.47. The van der Waals surface area contributed by atoms with Gasteiger partial charge in [-0.3, -0.25) is 9.69 Å². The van der Waals surface area contributed by atoms with E-state index in [-0.39, 0.29) is 28.9 Å². The molecule has 3 fully saturated rings. The molecule has 0 radical (unpaired) electrons. The highest BCUT2D eigenvalue weighted by Crippen LogP contribution is 2.73. The Morgan fingerprint density at radius 3 is 2.53 bits per heavy atom. The van der Waals surface area contributed by atoms with Crippen LogP contribution in [0.5, 0.6) is 11.5 Å². The van der Waals surface area contributed by atoms with Crippen LogP contribution >= 0.6 is 0 Å². The van der Waals surface area contributed by atoms with Gasteiger partial charge in [-0.05, 0) is 79.5 Å². The standard InChI is InChI=1S/C37H38N2O4/c1-41-28-15-14-27-20-30-35-16-17-37(42-2,34-36(35,31(27)32(28)43-34)18-19-39(30)22-23-8-9-23)29(21-35)38-33(40)26-12-10-25(11-13-26)24-6-4-3-5-7-24/h3-7,10-17,23,29-30,34H,8-9,18-22H2,1-2H3,(H,38,40)/t29?,30-,34?,35+,36-,37?/m0/s1. The van der Waals surface area contributed by atoms with Crippen molar-refractivity contribution in [3.63, 3.8) is 0 Å². The molecule has 6 nitrogen and oxygen atoms in total. The number of ether oxygens (including phenoxy) is 3. The molecule has 3 aromatic carbocycles. The normalized spacial score (nSPS) is 34.4. The van der Waals surface area contributed by atoms with E-state index in [4.69, 9.17) is 14.2 Å². The van der Waals surface area contributed by atoms with Crippen LogP contribution in [0.3, 0.4) is 0 Å². The van der Waals surface area contributed by atoms with E-state index in [9.17, 15) is 4.79 Å². The van der Waals surface area contributed by atoms with Gasteiger partial charge in [-0.25, -0.2) is 0 Å². The molecule has 43 heavy (non-hydrogen) atoms. The second-order valence-electron chi connectivity index (χ2n) is 13.6. The molecule has 10 rings (SSSR count). The molecular formula is C37H38N2O4. The van der Waals surface area contributed by atoms with Gasteiger partial charge in [0.15, 0.2) is 11.5 Å². The van der Waals surface area contributed by atoms with Crippen LogP contribution in [0.2, 0.25) is 0 Å². The molecule has 220 valence electrons. The molecule has 1 N–H and O–H groups in total. The SMILES string of the molecule is COc1ccc2c3c1OC1C4(OC)C=C[C@@]5(CC4NC(=O)c4ccc(-c6ccccc6)cc4)[C@H](C2)N(CC2CC2)CC[C@]315. The number of rotatable bonds is 7. The Morgan fingerprint density at radius 2 is 1.79 bits per heavy atom. The lowest BCUT2D eigenvalue weighted by Crippen LogP contribution is -2.82. The Balaban J connectivity index is 1.12. The summed E-state index contributed by atoms with van der Waals surface area (Å²) < 4.78 is 19.5. The summed E-state index contributed by atoms with van der Waals surface area (Å²) in [5.41, 5.74) is 4.46. The lowest BCUT2D eigenvalue weighted by atomic mass is 9.38. The van der Waals surface area contributed by atoms with Gasteiger partial charge >= 0.3 is 0 Å². The van der Waals surface area contributed by atoms with E-state index in [0.717, 1.165) is 54.4 Å². The van der Waals surface area contributed by atoms with Crippen LogP contribution in [0.25, 0.3) is 11.1 Å². The van der Waals surface area contributed by atoms with E-state index >= 15 is 0 Å². The van der Waals surface area contributed by atoms with Crippen molar-refractivity contribution in [1.82, 2.24) is 10.2 Å². The first-order chi connectivity index (χ1) is 21.0. The lowest BCUT2D eigenvalue weighted by molar-refractivity contribution is -0.201. The molecule has 3 unspecified atom stereocenters. The van der Waals surface area contributed by atoms with Gasteiger partial charge in [0.25, 0.3) is 5.91 Å². The van der Waals surface area contributed by atoms with Crippen molar-refractivity contribution < 1.29 is 19.0 Å². The summed E-state index contributed by atoms with van der Waals surface area (Å²) >= 11 is 0. The molecule has 7 aliphatic rings. The van der Waals surface area contributed by atoms with E-state index in [0.29, 0.717) is 11.6 Å². The first kappa shape index (κ1) is 25.8. The lowest BCUT2D eigenvalue weighted by Gasteiger charge is -2.71. The number of amides is 1. The van der Waals surface area contributed by atoms with Gasteiger partial charge in [0.05, 0.1) is 18.6 Å². The minimum absolute atomic E-state index is 0.0722. The summed E-state index contributed by atoms with van der Waals surface area (Å²) in [4.78, 5) is 16.7. The van der Waals surface area contributed by atoms with Crippen molar-refractivity contribution in [3.8, 4) is 22.6 Å². The summed E-state index contributed by atoms with van der Waals surface area (Å²) in [6, 6.07) is 22.7. The van der Waals surface area contributed by atoms with Crippen molar-refractivity contribution in [3.05, 3.63) is 95.6 Å². The second kappa shape index (κ2) is 8.96. The van der Waals surface area contributed by atoms with Crippen LogP contribution in [0, 0.1) is 11.3 Å². The zero-order valence-corrected chi connectivity index (χ0v) is 24.8. The Morgan fingerprint density at radius 1 is 1.00 bits per heavy atom. The molecule has 4 bridgehead atoms. The second-order valence-corrected chi connectivity index (χ2v) is 13.6. The molecule has 2 spiro atoms. The highest BCUT2D eigenvalue weighted by molar-refractivity contribution is 5.95. The van der Waals surface area contributed by atoms with Crippen LogP contribution in [0.1, 0.15) is 47.2 Å². The average Bonchev–Trinajstić information content (AvgIpc) is 3.79. The number of nitrogens with one attached hydrogen (secondary N) is 1. The number of hydrogen-bond donors (Lipinski definition) is 1. The smallest absolute Gasteiger partial charge is 0.251 e. The third kappa shape index (κ3) is 3.29. The summed E-state index contributed by atoms with van der Waals surface area (Å²) in [6.45, 7) is 2.23. The topological polar surface area (TPSA) is 60.0 Å². The molecule has 6 heteroatoms. The quantitative estimate of drug-likeness (QED) is 0.376. The maximum absolute atomic E-state index is 13.9. The number of likely N-dealkylation sites (tertiary alicyclic amines) is 1. The Bertz CT molecular complexity index is 1650. The van der Waals surface area contributed by atoms with Crippen molar-refractivity contribution in [2.75, 3.05) is 27.3 Å². The molecule has 6 atom stereocenters. The number of hydrogen-bond acceptors (Lipinski definition) is 5. The third-order valence-corrected chi connectivity index (χ3v) is 11.9. The van der Waals surface area contributed by atoms with Crippen molar-refractivity contribution in [2.45, 2.75) is 61.3 Å². The molecule has 1 amide bonds. The van der Waals surface area contributed by atoms with Gasteiger partial charge in [0.1, 0.15) is 11.7 Å². The Labute approximate surface area is 253 Å².